The van der Waals surface area contributed by atoms with E-state index >= 15 is 0 Å². The van der Waals surface area contributed by atoms with Crippen molar-refractivity contribution in [1.82, 2.24) is 20.8 Å². The third-order valence-corrected chi connectivity index (χ3v) is 4.23. The Bertz CT molecular complexity index is 591. The van der Waals surface area contributed by atoms with Crippen molar-refractivity contribution in [3.63, 3.8) is 0 Å². The molecule has 2 unspecified atom stereocenters. The fourth-order valence-electron chi connectivity index (χ4n) is 2.80. The summed E-state index contributed by atoms with van der Waals surface area (Å²) in [5, 5.41) is 9.99. The molecule has 1 heterocycles. The third kappa shape index (κ3) is 5.61. The first-order chi connectivity index (χ1) is 11.6. The van der Waals surface area contributed by atoms with Crippen LogP contribution in [-0.2, 0) is 12.0 Å². The van der Waals surface area contributed by atoms with Gasteiger partial charge in [0.1, 0.15) is 0 Å². The van der Waals surface area contributed by atoms with Crippen molar-refractivity contribution < 1.29 is 17.7 Å². The van der Waals surface area contributed by atoms with Gasteiger partial charge in [0.05, 0.1) is 12.5 Å². The zero-order valence-electron chi connectivity index (χ0n) is 15.1. The van der Waals surface area contributed by atoms with Gasteiger partial charge in [-0.25, -0.2) is 0 Å². The van der Waals surface area contributed by atoms with Gasteiger partial charge in [-0.1, -0.05) is 32.3 Å². The van der Waals surface area contributed by atoms with Crippen LogP contribution in [0.2, 0.25) is 0 Å². The highest BCUT2D eigenvalue weighted by atomic mass is 19.4. The second kappa shape index (κ2) is 7.61. The SMILES string of the molecule is CN=C(NCc1noc(C(C)(C)C)n1)NC1CCCC(C(F)(F)F)C1. The maximum absolute atomic E-state index is 12.9. The summed E-state index contributed by atoms with van der Waals surface area (Å²) in [4.78, 5) is 8.37. The first kappa shape index (κ1) is 19.5. The van der Waals surface area contributed by atoms with Crippen molar-refractivity contribution in [3.05, 3.63) is 11.7 Å². The lowest BCUT2D eigenvalue weighted by atomic mass is 9.85. The predicted molar refractivity (Wildman–Crippen MR) is 88.1 cm³/mol. The molecule has 1 fully saturated rings. The number of alkyl halides is 3. The quantitative estimate of drug-likeness (QED) is 0.639. The normalized spacial score (nSPS) is 22.8. The molecule has 1 aliphatic carbocycles. The molecule has 0 radical (unpaired) electrons. The Labute approximate surface area is 145 Å². The van der Waals surface area contributed by atoms with Crippen molar-refractivity contribution in [3.8, 4) is 0 Å². The van der Waals surface area contributed by atoms with Crippen molar-refractivity contribution in [2.75, 3.05) is 7.05 Å². The van der Waals surface area contributed by atoms with E-state index in [9.17, 15) is 13.2 Å². The fraction of sp³-hybridized carbons (Fsp3) is 0.812. The van der Waals surface area contributed by atoms with Crippen molar-refractivity contribution in [2.24, 2.45) is 10.9 Å². The van der Waals surface area contributed by atoms with Gasteiger partial charge >= 0.3 is 6.18 Å². The summed E-state index contributed by atoms with van der Waals surface area (Å²) in [5.41, 5.74) is -0.236. The number of hydrogen-bond donors (Lipinski definition) is 2. The standard InChI is InChI=1S/C16H26F3N5O/c1-15(2,3)13-23-12(24-25-13)9-21-14(20-4)22-11-7-5-6-10(8-11)16(17,18)19/h10-11H,5-9H2,1-4H3,(H2,20,21,22). The summed E-state index contributed by atoms with van der Waals surface area (Å²) in [6, 6.07) is -0.248. The molecule has 6 nitrogen and oxygen atoms in total. The molecule has 0 aromatic carbocycles. The summed E-state index contributed by atoms with van der Waals surface area (Å²) in [5.74, 6) is 0.204. The summed E-state index contributed by atoms with van der Waals surface area (Å²) < 4.78 is 43.9. The molecule has 0 spiro atoms. The zero-order valence-corrected chi connectivity index (χ0v) is 15.1. The van der Waals surface area contributed by atoms with Crippen LogP contribution in [0.5, 0.6) is 0 Å². The molecule has 1 aromatic heterocycles. The Kier molecular flexibility index (Phi) is 5.95. The minimum atomic E-state index is -4.13. The van der Waals surface area contributed by atoms with Gasteiger partial charge in [-0.3, -0.25) is 4.99 Å². The van der Waals surface area contributed by atoms with Crippen LogP contribution in [0.15, 0.2) is 9.52 Å². The Hall–Kier alpha value is -1.80. The van der Waals surface area contributed by atoms with E-state index < -0.39 is 12.1 Å². The topological polar surface area (TPSA) is 75.3 Å². The number of rotatable bonds is 3. The number of aromatic nitrogens is 2. The molecule has 0 amide bonds. The van der Waals surface area contributed by atoms with Gasteiger partial charge < -0.3 is 15.2 Å². The third-order valence-electron chi connectivity index (χ3n) is 4.23. The zero-order chi connectivity index (χ0) is 18.7. The van der Waals surface area contributed by atoms with E-state index in [1.165, 1.54) is 0 Å². The van der Waals surface area contributed by atoms with Crippen molar-refractivity contribution in [2.45, 2.75) is 70.6 Å². The van der Waals surface area contributed by atoms with Gasteiger partial charge in [-0.05, 0) is 19.3 Å². The van der Waals surface area contributed by atoms with Gasteiger partial charge in [-0.15, -0.1) is 0 Å². The number of nitrogens with zero attached hydrogens (tertiary/aromatic N) is 3. The Morgan fingerprint density at radius 2 is 2.00 bits per heavy atom. The van der Waals surface area contributed by atoms with Crippen LogP contribution >= 0.6 is 0 Å². The Balaban J connectivity index is 1.87. The van der Waals surface area contributed by atoms with E-state index in [1.54, 1.807) is 7.05 Å². The lowest BCUT2D eigenvalue weighted by Gasteiger charge is -2.31. The molecule has 0 bridgehead atoms. The lowest BCUT2D eigenvalue weighted by molar-refractivity contribution is -0.183. The van der Waals surface area contributed by atoms with Crippen LogP contribution in [0.25, 0.3) is 0 Å². The van der Waals surface area contributed by atoms with Crippen LogP contribution in [0.1, 0.15) is 58.2 Å². The lowest BCUT2D eigenvalue weighted by Crippen LogP contribution is -2.46. The first-order valence-corrected chi connectivity index (χ1v) is 8.46. The van der Waals surface area contributed by atoms with Gasteiger partial charge in [0.25, 0.3) is 0 Å². The minimum Gasteiger partial charge on any atom is -0.354 e. The highest BCUT2D eigenvalue weighted by Gasteiger charge is 2.42. The number of nitrogens with one attached hydrogen (secondary N) is 2. The summed E-state index contributed by atoms with van der Waals surface area (Å²) in [6.07, 6.45) is -2.61. The van der Waals surface area contributed by atoms with E-state index in [-0.39, 0.29) is 30.8 Å². The predicted octanol–water partition coefficient (Wildman–Crippen LogP) is 3.15. The van der Waals surface area contributed by atoms with E-state index in [0.29, 0.717) is 30.5 Å². The fourth-order valence-corrected chi connectivity index (χ4v) is 2.80. The van der Waals surface area contributed by atoms with Crippen LogP contribution in [-0.4, -0.2) is 35.4 Å². The Morgan fingerprint density at radius 1 is 1.28 bits per heavy atom. The second-order valence-electron chi connectivity index (χ2n) is 7.44. The number of hydrogen-bond acceptors (Lipinski definition) is 4. The molecule has 142 valence electrons. The second-order valence-corrected chi connectivity index (χ2v) is 7.44. The molecule has 2 N–H and O–H groups in total. The van der Waals surface area contributed by atoms with Crippen LogP contribution in [0, 0.1) is 5.92 Å². The molecular formula is C16H26F3N5O. The molecule has 9 heteroatoms. The van der Waals surface area contributed by atoms with Gasteiger partial charge in [0.15, 0.2) is 11.8 Å². The van der Waals surface area contributed by atoms with E-state index in [2.05, 4.69) is 25.8 Å². The summed E-state index contributed by atoms with van der Waals surface area (Å²) >= 11 is 0. The number of aliphatic imine (C=N–C) groups is 1. The van der Waals surface area contributed by atoms with Crippen molar-refractivity contribution in [1.29, 1.82) is 0 Å². The number of halogens is 3. The molecule has 0 aliphatic heterocycles. The smallest absolute Gasteiger partial charge is 0.354 e. The van der Waals surface area contributed by atoms with Gasteiger partial charge in [0, 0.05) is 18.5 Å². The molecule has 1 aromatic rings. The van der Waals surface area contributed by atoms with Crippen LogP contribution < -0.4 is 10.6 Å². The van der Waals surface area contributed by atoms with E-state index in [0.717, 1.165) is 0 Å². The van der Waals surface area contributed by atoms with Gasteiger partial charge in [-0.2, -0.15) is 18.2 Å². The largest absolute Gasteiger partial charge is 0.391 e. The highest BCUT2D eigenvalue weighted by molar-refractivity contribution is 5.79. The molecule has 2 rings (SSSR count). The maximum atomic E-state index is 12.9. The Morgan fingerprint density at radius 3 is 2.56 bits per heavy atom. The summed E-state index contributed by atoms with van der Waals surface area (Å²) in [7, 11) is 1.58. The average Bonchev–Trinajstić information content (AvgIpc) is 3.00. The molecule has 1 aliphatic rings. The minimum absolute atomic E-state index is 0.0700. The average molecular weight is 361 g/mol. The molecule has 25 heavy (non-hydrogen) atoms. The van der Waals surface area contributed by atoms with Gasteiger partial charge in [0.2, 0.25) is 5.89 Å². The molecule has 1 saturated carbocycles. The number of guanidine groups is 1. The van der Waals surface area contributed by atoms with E-state index in [1.807, 2.05) is 20.8 Å². The van der Waals surface area contributed by atoms with Crippen molar-refractivity contribution >= 4 is 5.96 Å². The van der Waals surface area contributed by atoms with Crippen LogP contribution in [0.4, 0.5) is 13.2 Å². The van der Waals surface area contributed by atoms with E-state index in [4.69, 9.17) is 4.52 Å². The first-order valence-electron chi connectivity index (χ1n) is 8.46. The monoisotopic (exact) mass is 361 g/mol. The summed E-state index contributed by atoms with van der Waals surface area (Å²) in [6.45, 7) is 6.20. The highest BCUT2D eigenvalue weighted by Crippen LogP contribution is 2.37. The van der Waals surface area contributed by atoms with Crippen LogP contribution in [0.3, 0.4) is 0 Å². The maximum Gasteiger partial charge on any atom is 0.391 e. The molecular weight excluding hydrogens is 335 g/mol. The molecule has 2 atom stereocenters. The molecule has 0 saturated heterocycles.